The summed E-state index contributed by atoms with van der Waals surface area (Å²) < 4.78 is 15.7. The van der Waals surface area contributed by atoms with Crippen LogP contribution in [0, 0.1) is 13.8 Å². The number of aryl methyl sites for hydroxylation is 2. The minimum atomic E-state index is -1.08. The number of aromatic carboxylic acids is 1. The van der Waals surface area contributed by atoms with Crippen LogP contribution in [0.25, 0.3) is 0 Å². The van der Waals surface area contributed by atoms with Gasteiger partial charge < -0.3 is 19.3 Å². The fourth-order valence-electron chi connectivity index (χ4n) is 1.91. The van der Waals surface area contributed by atoms with E-state index in [1.165, 1.54) is 20.3 Å². The third kappa shape index (κ3) is 3.08. The van der Waals surface area contributed by atoms with Crippen molar-refractivity contribution in [1.29, 1.82) is 0 Å². The number of rotatable bonds is 5. The smallest absolute Gasteiger partial charge is 0.339 e. The summed E-state index contributed by atoms with van der Waals surface area (Å²) in [4.78, 5) is 19.5. The first-order chi connectivity index (χ1) is 10.5. The molecule has 0 saturated heterocycles. The Labute approximate surface area is 127 Å². The molecule has 0 saturated carbocycles. The molecule has 1 aromatic heterocycles. The quantitative estimate of drug-likeness (QED) is 0.907. The van der Waals surface area contributed by atoms with E-state index in [0.717, 1.165) is 0 Å². The van der Waals surface area contributed by atoms with Gasteiger partial charge in [0, 0.05) is 0 Å². The number of aromatic nitrogens is 2. The predicted molar refractivity (Wildman–Crippen MR) is 78.1 cm³/mol. The van der Waals surface area contributed by atoms with Crippen LogP contribution in [-0.4, -0.2) is 35.3 Å². The van der Waals surface area contributed by atoms with Gasteiger partial charge in [-0.25, -0.2) is 4.79 Å². The summed E-state index contributed by atoms with van der Waals surface area (Å²) in [5, 5.41) is 9.38. The second-order valence-electron chi connectivity index (χ2n) is 4.55. The van der Waals surface area contributed by atoms with E-state index in [1.807, 2.05) is 0 Å². The highest BCUT2D eigenvalue weighted by Gasteiger charge is 2.19. The fraction of sp³-hybridized carbons (Fsp3) is 0.267. The maximum Gasteiger partial charge on any atom is 0.339 e. The molecule has 0 fully saturated rings. The summed E-state index contributed by atoms with van der Waals surface area (Å²) in [6, 6.07) is 4.94. The van der Waals surface area contributed by atoms with E-state index in [0.29, 0.717) is 11.1 Å². The van der Waals surface area contributed by atoms with E-state index in [2.05, 4.69) is 9.97 Å². The van der Waals surface area contributed by atoms with Crippen LogP contribution >= 0.6 is 0 Å². The Balaban J connectivity index is 2.51. The molecule has 7 heteroatoms. The molecule has 7 nitrogen and oxygen atoms in total. The van der Waals surface area contributed by atoms with Crippen LogP contribution in [0.3, 0.4) is 0 Å². The zero-order valence-electron chi connectivity index (χ0n) is 12.7. The zero-order valence-corrected chi connectivity index (χ0v) is 12.7. The van der Waals surface area contributed by atoms with Crippen LogP contribution in [0.4, 0.5) is 0 Å². The average Bonchev–Trinajstić information content (AvgIpc) is 2.50. The molecule has 0 radical (unpaired) electrons. The number of carboxylic acids is 1. The highest BCUT2D eigenvalue weighted by molar-refractivity contribution is 5.93. The first kappa shape index (κ1) is 15.6. The molecule has 0 bridgehead atoms. The molecule has 22 heavy (non-hydrogen) atoms. The Hall–Kier alpha value is -2.83. The zero-order chi connectivity index (χ0) is 16.3. The first-order valence-electron chi connectivity index (χ1n) is 6.44. The molecule has 116 valence electrons. The van der Waals surface area contributed by atoms with E-state index in [1.54, 1.807) is 26.0 Å². The van der Waals surface area contributed by atoms with Crippen LogP contribution in [0.2, 0.25) is 0 Å². The molecule has 1 aromatic carbocycles. The van der Waals surface area contributed by atoms with Crippen molar-refractivity contribution in [2.45, 2.75) is 13.8 Å². The number of nitrogens with zero attached hydrogens (tertiary/aromatic N) is 2. The van der Waals surface area contributed by atoms with Crippen LogP contribution in [0.15, 0.2) is 18.2 Å². The lowest BCUT2D eigenvalue weighted by molar-refractivity contribution is 0.0693. The van der Waals surface area contributed by atoms with Crippen LogP contribution in [0.5, 0.6) is 23.5 Å². The van der Waals surface area contributed by atoms with E-state index in [-0.39, 0.29) is 29.1 Å². The molecular formula is C15H16N2O5. The Morgan fingerprint density at radius 2 is 1.59 bits per heavy atom. The Bertz CT molecular complexity index is 693. The Morgan fingerprint density at radius 1 is 1.05 bits per heavy atom. The van der Waals surface area contributed by atoms with Crippen LogP contribution in [0.1, 0.15) is 21.5 Å². The number of hydrogen-bond acceptors (Lipinski definition) is 6. The largest absolute Gasteiger partial charge is 0.481 e. The lowest BCUT2D eigenvalue weighted by atomic mass is 10.0. The molecule has 1 N–H and O–H groups in total. The van der Waals surface area contributed by atoms with Gasteiger partial charge in [0.1, 0.15) is 11.3 Å². The van der Waals surface area contributed by atoms with Crippen LogP contribution in [-0.2, 0) is 0 Å². The predicted octanol–water partition coefficient (Wildman–Crippen LogP) is 2.60. The van der Waals surface area contributed by atoms with Gasteiger partial charge in [-0.2, -0.15) is 9.97 Å². The van der Waals surface area contributed by atoms with Gasteiger partial charge in [0.05, 0.1) is 20.3 Å². The number of ether oxygens (including phenoxy) is 3. The maximum absolute atomic E-state index is 11.5. The van der Waals surface area contributed by atoms with E-state index >= 15 is 0 Å². The third-order valence-electron chi connectivity index (χ3n) is 3.05. The third-order valence-corrected chi connectivity index (χ3v) is 3.05. The van der Waals surface area contributed by atoms with Crippen molar-refractivity contribution in [3.05, 3.63) is 34.9 Å². The number of carboxylic acid groups (broad SMARTS) is 1. The molecule has 0 aliphatic heterocycles. The Kier molecular flexibility index (Phi) is 4.45. The molecule has 2 rings (SSSR count). The monoisotopic (exact) mass is 304 g/mol. The van der Waals surface area contributed by atoms with Gasteiger partial charge in [-0.15, -0.1) is 0 Å². The summed E-state index contributed by atoms with van der Waals surface area (Å²) in [5.41, 5.74) is 1.32. The summed E-state index contributed by atoms with van der Waals surface area (Å²) in [6.07, 6.45) is 0. The normalized spacial score (nSPS) is 10.2. The van der Waals surface area contributed by atoms with Crippen molar-refractivity contribution in [2.24, 2.45) is 0 Å². The molecule has 0 aliphatic carbocycles. The molecule has 0 atom stereocenters. The van der Waals surface area contributed by atoms with Gasteiger partial charge >= 0.3 is 12.0 Å². The molecule has 1 heterocycles. The van der Waals surface area contributed by atoms with Gasteiger partial charge in [0.15, 0.2) is 0 Å². The molecule has 0 aliphatic rings. The van der Waals surface area contributed by atoms with Gasteiger partial charge in [0.2, 0.25) is 11.8 Å². The highest BCUT2D eigenvalue weighted by atomic mass is 16.5. The number of methoxy groups -OCH3 is 2. The molecule has 0 unspecified atom stereocenters. The number of hydrogen-bond donors (Lipinski definition) is 1. The summed E-state index contributed by atoms with van der Waals surface area (Å²) >= 11 is 0. The number of benzene rings is 1. The van der Waals surface area contributed by atoms with E-state index in [4.69, 9.17) is 14.2 Å². The summed E-state index contributed by atoms with van der Waals surface area (Å²) in [6.45, 7) is 3.45. The van der Waals surface area contributed by atoms with Crippen molar-refractivity contribution in [3.63, 3.8) is 0 Å². The van der Waals surface area contributed by atoms with Gasteiger partial charge in [-0.3, -0.25) is 0 Å². The van der Waals surface area contributed by atoms with Crippen molar-refractivity contribution in [2.75, 3.05) is 14.2 Å². The van der Waals surface area contributed by atoms with Crippen molar-refractivity contribution in [3.8, 4) is 23.5 Å². The number of carbonyl (C=O) groups is 1. The Morgan fingerprint density at radius 3 is 2.09 bits per heavy atom. The molecule has 0 amide bonds. The molecular weight excluding hydrogens is 288 g/mol. The second kappa shape index (κ2) is 6.30. The van der Waals surface area contributed by atoms with E-state index in [9.17, 15) is 9.90 Å². The average molecular weight is 304 g/mol. The second-order valence-corrected chi connectivity index (χ2v) is 4.55. The lowest BCUT2D eigenvalue weighted by Gasteiger charge is -2.13. The first-order valence-corrected chi connectivity index (χ1v) is 6.44. The maximum atomic E-state index is 11.5. The van der Waals surface area contributed by atoms with Crippen molar-refractivity contribution in [1.82, 2.24) is 9.97 Å². The fourth-order valence-corrected chi connectivity index (χ4v) is 1.91. The van der Waals surface area contributed by atoms with E-state index < -0.39 is 5.97 Å². The molecule has 2 aromatic rings. The van der Waals surface area contributed by atoms with Crippen LogP contribution < -0.4 is 14.2 Å². The van der Waals surface area contributed by atoms with Gasteiger partial charge in [0.25, 0.3) is 0 Å². The standard InChI is InChI=1S/C15H16N2O5/c1-8-5-6-9(2)13(12(8)14(18)19)22-15-16-10(20-3)7-11(17-15)21-4/h5-7H,1-4H3,(H,18,19). The topological polar surface area (TPSA) is 90.8 Å². The SMILES string of the molecule is COc1cc(OC)nc(Oc2c(C)ccc(C)c2C(=O)O)n1. The lowest BCUT2D eigenvalue weighted by Crippen LogP contribution is -2.06. The van der Waals surface area contributed by atoms with Gasteiger partial charge in [-0.05, 0) is 25.0 Å². The van der Waals surface area contributed by atoms with Crippen molar-refractivity contribution < 1.29 is 24.1 Å². The minimum absolute atomic E-state index is 0.0487. The highest BCUT2D eigenvalue weighted by Crippen LogP contribution is 2.31. The minimum Gasteiger partial charge on any atom is -0.481 e. The molecule has 0 spiro atoms. The summed E-state index contributed by atoms with van der Waals surface area (Å²) in [5.74, 6) is -0.373. The van der Waals surface area contributed by atoms with Crippen molar-refractivity contribution >= 4 is 5.97 Å². The van der Waals surface area contributed by atoms with Gasteiger partial charge in [-0.1, -0.05) is 12.1 Å². The summed E-state index contributed by atoms with van der Waals surface area (Å²) in [7, 11) is 2.90.